The average molecular weight is 328 g/mol. The van der Waals surface area contributed by atoms with Crippen molar-refractivity contribution in [3.8, 4) is 0 Å². The number of carbonyl (C=O) groups is 2. The monoisotopic (exact) mass is 328 g/mol. The van der Waals surface area contributed by atoms with Crippen LogP contribution < -0.4 is 10.2 Å². The zero-order valence-corrected chi connectivity index (χ0v) is 15.0. The van der Waals surface area contributed by atoms with E-state index >= 15 is 0 Å². The Hall–Kier alpha value is -1.84. The molecule has 0 saturated heterocycles. The molecule has 1 saturated carbocycles. The maximum absolute atomic E-state index is 12.8. The molecule has 0 radical (unpaired) electrons. The molecule has 0 unspecified atom stereocenters. The summed E-state index contributed by atoms with van der Waals surface area (Å²) in [7, 11) is 1.79. The normalized spacial score (nSPS) is 25.5. The summed E-state index contributed by atoms with van der Waals surface area (Å²) >= 11 is 0. The molecule has 3 rings (SSSR count). The topological polar surface area (TPSA) is 49.4 Å². The van der Waals surface area contributed by atoms with Gasteiger partial charge in [-0.15, -0.1) is 0 Å². The summed E-state index contributed by atoms with van der Waals surface area (Å²) in [6.07, 6.45) is 6.45. The lowest BCUT2D eigenvalue weighted by atomic mass is 9.80. The fourth-order valence-corrected chi connectivity index (χ4v) is 4.38. The summed E-state index contributed by atoms with van der Waals surface area (Å²) in [6.45, 7) is 4.00. The summed E-state index contributed by atoms with van der Waals surface area (Å²) in [5.74, 6) is 0.558. The minimum absolute atomic E-state index is 0.00386. The minimum atomic E-state index is -0.762. The third-order valence-electron chi connectivity index (χ3n) is 5.90. The first-order valence-corrected chi connectivity index (χ1v) is 9.10. The third-order valence-corrected chi connectivity index (χ3v) is 5.90. The van der Waals surface area contributed by atoms with Gasteiger partial charge in [-0.25, -0.2) is 0 Å². The van der Waals surface area contributed by atoms with Gasteiger partial charge >= 0.3 is 0 Å². The Morgan fingerprint density at radius 2 is 1.96 bits per heavy atom. The van der Waals surface area contributed by atoms with Crippen molar-refractivity contribution in [1.29, 1.82) is 0 Å². The van der Waals surface area contributed by atoms with E-state index in [9.17, 15) is 9.59 Å². The van der Waals surface area contributed by atoms with Crippen LogP contribution in [0, 0.1) is 5.92 Å². The summed E-state index contributed by atoms with van der Waals surface area (Å²) in [5, 5.41) is 3.16. The Labute approximate surface area is 144 Å². The van der Waals surface area contributed by atoms with E-state index in [-0.39, 0.29) is 24.3 Å². The van der Waals surface area contributed by atoms with E-state index < -0.39 is 5.41 Å². The van der Waals surface area contributed by atoms with Crippen LogP contribution in [0.25, 0.3) is 0 Å². The first-order chi connectivity index (χ1) is 11.4. The molecule has 2 amide bonds. The second-order valence-electron chi connectivity index (χ2n) is 7.64. The summed E-state index contributed by atoms with van der Waals surface area (Å²) < 4.78 is 0. The molecule has 2 aliphatic rings. The lowest BCUT2D eigenvalue weighted by molar-refractivity contribution is -0.129. The lowest BCUT2D eigenvalue weighted by Gasteiger charge is -2.30. The number of likely N-dealkylation sites (N-methyl/N-ethyl adjacent to an activating group) is 1. The zero-order valence-electron chi connectivity index (χ0n) is 15.0. The van der Waals surface area contributed by atoms with E-state index in [1.165, 1.54) is 32.1 Å². The molecule has 1 heterocycles. The predicted octanol–water partition coefficient (Wildman–Crippen LogP) is 3.40. The van der Waals surface area contributed by atoms with E-state index in [0.29, 0.717) is 5.92 Å². The van der Waals surface area contributed by atoms with Gasteiger partial charge in [-0.2, -0.15) is 0 Å². The van der Waals surface area contributed by atoms with Crippen molar-refractivity contribution < 1.29 is 9.59 Å². The van der Waals surface area contributed by atoms with Gasteiger partial charge in [0, 0.05) is 25.2 Å². The van der Waals surface area contributed by atoms with E-state index in [4.69, 9.17) is 0 Å². The van der Waals surface area contributed by atoms with Gasteiger partial charge in [0.25, 0.3) is 0 Å². The number of hydrogen-bond donors (Lipinski definition) is 1. The minimum Gasteiger partial charge on any atom is -0.353 e. The SMILES string of the molecule is C[C@@H](NC(=O)C[C@]1(C)C(=O)N(C)c2ccccc21)C1CCCCC1. The number of rotatable bonds is 4. The average Bonchev–Trinajstić information content (AvgIpc) is 2.78. The van der Waals surface area contributed by atoms with Gasteiger partial charge in [-0.1, -0.05) is 37.5 Å². The molecule has 1 N–H and O–H groups in total. The number of hydrogen-bond acceptors (Lipinski definition) is 2. The third kappa shape index (κ3) is 2.94. The zero-order chi connectivity index (χ0) is 17.3. The molecule has 1 aliphatic carbocycles. The number of carbonyl (C=O) groups excluding carboxylic acids is 2. The first kappa shape index (κ1) is 17.0. The number of anilines is 1. The van der Waals surface area contributed by atoms with E-state index in [1.807, 2.05) is 31.2 Å². The molecule has 1 aromatic rings. The molecular formula is C20H28N2O2. The van der Waals surface area contributed by atoms with Crippen LogP contribution in [0.2, 0.25) is 0 Å². The highest BCUT2D eigenvalue weighted by Gasteiger charge is 2.47. The van der Waals surface area contributed by atoms with Crippen molar-refractivity contribution in [2.45, 2.75) is 63.8 Å². The molecule has 0 aromatic heterocycles. The molecule has 0 bridgehead atoms. The number of nitrogens with zero attached hydrogens (tertiary/aromatic N) is 1. The van der Waals surface area contributed by atoms with Gasteiger partial charge in [0.2, 0.25) is 11.8 Å². The molecule has 1 fully saturated rings. The number of nitrogens with one attached hydrogen (secondary N) is 1. The Kier molecular flexibility index (Phi) is 4.66. The fraction of sp³-hybridized carbons (Fsp3) is 0.600. The van der Waals surface area contributed by atoms with Crippen molar-refractivity contribution in [3.63, 3.8) is 0 Å². The first-order valence-electron chi connectivity index (χ1n) is 9.10. The van der Waals surface area contributed by atoms with Gasteiger partial charge in [-0.05, 0) is 44.2 Å². The van der Waals surface area contributed by atoms with Crippen LogP contribution in [0.4, 0.5) is 5.69 Å². The Morgan fingerprint density at radius 3 is 2.67 bits per heavy atom. The highest BCUT2D eigenvalue weighted by atomic mass is 16.2. The van der Waals surface area contributed by atoms with Crippen molar-refractivity contribution in [1.82, 2.24) is 5.32 Å². The van der Waals surface area contributed by atoms with Crippen LogP contribution in [0.3, 0.4) is 0 Å². The molecule has 1 aromatic carbocycles. The highest BCUT2D eigenvalue weighted by molar-refractivity contribution is 6.09. The largest absolute Gasteiger partial charge is 0.353 e. The molecule has 24 heavy (non-hydrogen) atoms. The number of fused-ring (bicyclic) bond motifs is 1. The maximum atomic E-state index is 12.8. The molecule has 4 heteroatoms. The molecule has 0 spiro atoms. The van der Waals surface area contributed by atoms with Crippen molar-refractivity contribution in [2.24, 2.45) is 5.92 Å². The van der Waals surface area contributed by atoms with Gasteiger partial charge in [0.1, 0.15) is 0 Å². The Balaban J connectivity index is 1.70. The second kappa shape index (κ2) is 6.58. The standard InChI is InChI=1S/C20H28N2O2/c1-14(15-9-5-4-6-10-15)21-18(23)13-20(2)16-11-7-8-12-17(16)22(3)19(20)24/h7-8,11-12,14-15H,4-6,9-10,13H2,1-3H3,(H,21,23)/t14-,20+/m1/s1. The van der Waals surface area contributed by atoms with Crippen LogP contribution in [0.15, 0.2) is 24.3 Å². The van der Waals surface area contributed by atoms with Gasteiger partial charge in [-0.3, -0.25) is 9.59 Å². The molecule has 130 valence electrons. The van der Waals surface area contributed by atoms with E-state index in [0.717, 1.165) is 11.3 Å². The molecular weight excluding hydrogens is 300 g/mol. The molecule has 4 nitrogen and oxygen atoms in total. The fourth-order valence-electron chi connectivity index (χ4n) is 4.38. The van der Waals surface area contributed by atoms with Crippen molar-refractivity contribution >= 4 is 17.5 Å². The smallest absolute Gasteiger partial charge is 0.237 e. The number of para-hydroxylation sites is 1. The van der Waals surface area contributed by atoms with E-state index in [2.05, 4.69) is 12.2 Å². The molecule has 2 atom stereocenters. The van der Waals surface area contributed by atoms with Gasteiger partial charge < -0.3 is 10.2 Å². The maximum Gasteiger partial charge on any atom is 0.237 e. The Morgan fingerprint density at radius 1 is 1.29 bits per heavy atom. The Bertz CT molecular complexity index is 636. The summed E-state index contributed by atoms with van der Waals surface area (Å²) in [6, 6.07) is 7.97. The summed E-state index contributed by atoms with van der Waals surface area (Å²) in [4.78, 5) is 27.1. The van der Waals surface area contributed by atoms with Crippen LogP contribution in [-0.4, -0.2) is 24.9 Å². The number of benzene rings is 1. The van der Waals surface area contributed by atoms with E-state index in [1.54, 1.807) is 11.9 Å². The summed E-state index contributed by atoms with van der Waals surface area (Å²) in [5.41, 5.74) is 1.11. The lowest BCUT2D eigenvalue weighted by Crippen LogP contribution is -2.44. The van der Waals surface area contributed by atoms with Crippen LogP contribution in [-0.2, 0) is 15.0 Å². The van der Waals surface area contributed by atoms with Gasteiger partial charge in [0.05, 0.1) is 5.41 Å². The number of amides is 2. The van der Waals surface area contributed by atoms with Gasteiger partial charge in [0.15, 0.2) is 0 Å². The van der Waals surface area contributed by atoms with Crippen LogP contribution in [0.1, 0.15) is 57.9 Å². The van der Waals surface area contributed by atoms with Crippen molar-refractivity contribution in [2.75, 3.05) is 11.9 Å². The highest BCUT2D eigenvalue weighted by Crippen LogP contribution is 2.43. The van der Waals surface area contributed by atoms with Crippen LogP contribution in [0.5, 0.6) is 0 Å². The quantitative estimate of drug-likeness (QED) is 0.921. The second-order valence-corrected chi connectivity index (χ2v) is 7.64. The van der Waals surface area contributed by atoms with Crippen LogP contribution >= 0.6 is 0 Å². The predicted molar refractivity (Wildman–Crippen MR) is 96.0 cm³/mol. The van der Waals surface area contributed by atoms with Crippen molar-refractivity contribution in [3.05, 3.63) is 29.8 Å². The molecule has 1 aliphatic heterocycles.